The Labute approximate surface area is 132 Å². The van der Waals surface area contributed by atoms with E-state index in [0.717, 1.165) is 5.56 Å². The molecule has 0 heterocycles. The predicted molar refractivity (Wildman–Crippen MR) is 87.9 cm³/mol. The van der Waals surface area contributed by atoms with Gasteiger partial charge in [-0.3, -0.25) is 0 Å². The van der Waals surface area contributed by atoms with Crippen molar-refractivity contribution >= 4 is 24.2 Å². The molecule has 0 radical (unpaired) electrons. The van der Waals surface area contributed by atoms with Crippen LogP contribution in [-0.2, 0) is 11.2 Å². The van der Waals surface area contributed by atoms with E-state index in [9.17, 15) is 10.1 Å². The van der Waals surface area contributed by atoms with Gasteiger partial charge < -0.3 is 19.7 Å². The van der Waals surface area contributed by atoms with Crippen molar-refractivity contribution in [1.82, 2.24) is 4.90 Å². The van der Waals surface area contributed by atoms with Crippen LogP contribution in [0.2, 0.25) is 5.02 Å². The van der Waals surface area contributed by atoms with Crippen LogP contribution in [-0.4, -0.2) is 47.4 Å². The highest BCUT2D eigenvalue weighted by Crippen LogP contribution is 2.25. The molecule has 6 heteroatoms. The highest BCUT2D eigenvalue weighted by Gasteiger charge is 2.40. The summed E-state index contributed by atoms with van der Waals surface area (Å²) >= 11 is 6.03. The molecule has 1 rings (SSSR count). The van der Waals surface area contributed by atoms with Crippen molar-refractivity contribution in [2.24, 2.45) is 0 Å². The molecule has 21 heavy (non-hydrogen) atoms. The molecule has 0 saturated carbocycles. The van der Waals surface area contributed by atoms with Gasteiger partial charge in [0.25, 0.3) is 0 Å². The predicted octanol–water partition coefficient (Wildman–Crippen LogP) is 1.66. The first-order chi connectivity index (χ1) is 9.44. The summed E-state index contributed by atoms with van der Waals surface area (Å²) in [6.07, 6.45) is 0. The fraction of sp³-hybridized carbons (Fsp3) is 0.600. The van der Waals surface area contributed by atoms with Crippen LogP contribution in [0.15, 0.2) is 18.2 Å². The monoisotopic (exact) mass is 313 g/mol. The second kappa shape index (κ2) is 6.67. The summed E-state index contributed by atoms with van der Waals surface area (Å²) in [5.74, 6) is 0. The third-order valence-electron chi connectivity index (χ3n) is 3.74. The second-order valence-corrected chi connectivity index (χ2v) is 7.06. The quantitative estimate of drug-likeness (QED) is 0.784. The number of benzene rings is 1. The molecule has 0 aliphatic rings. The van der Waals surface area contributed by atoms with Gasteiger partial charge in [0.05, 0.1) is 11.2 Å². The van der Waals surface area contributed by atoms with E-state index in [0.29, 0.717) is 17.0 Å². The Hall–Kier alpha value is -0.585. The average Bonchev–Trinajstić information content (AvgIpc) is 2.25. The van der Waals surface area contributed by atoms with Crippen LogP contribution >= 0.6 is 11.6 Å². The first-order valence-corrected chi connectivity index (χ1v) is 7.33. The Morgan fingerprint density at radius 2 is 1.81 bits per heavy atom. The summed E-state index contributed by atoms with van der Waals surface area (Å²) < 4.78 is 5.69. The van der Waals surface area contributed by atoms with Gasteiger partial charge >= 0.3 is 7.12 Å². The Morgan fingerprint density at radius 1 is 1.24 bits per heavy atom. The normalized spacial score (nSPS) is 12.9. The molecule has 0 fully saturated rings. The Bertz CT molecular complexity index is 486. The number of halogens is 1. The van der Waals surface area contributed by atoms with Crippen LogP contribution in [0.3, 0.4) is 0 Å². The van der Waals surface area contributed by atoms with Gasteiger partial charge in [-0.05, 0) is 64.9 Å². The van der Waals surface area contributed by atoms with Crippen molar-refractivity contribution in [2.45, 2.75) is 45.4 Å². The van der Waals surface area contributed by atoms with Gasteiger partial charge in [-0.2, -0.15) is 0 Å². The largest absolute Gasteiger partial charge is 0.491 e. The first kappa shape index (κ1) is 18.5. The zero-order valence-electron chi connectivity index (χ0n) is 13.6. The summed E-state index contributed by atoms with van der Waals surface area (Å²) in [7, 11) is 2.76. The van der Waals surface area contributed by atoms with Crippen molar-refractivity contribution in [3.63, 3.8) is 0 Å². The Kier molecular flexibility index (Phi) is 5.87. The molecule has 4 nitrogen and oxygen atoms in total. The van der Waals surface area contributed by atoms with Gasteiger partial charge in [0.15, 0.2) is 0 Å². The third-order valence-corrected chi connectivity index (χ3v) is 3.97. The first-order valence-electron chi connectivity index (χ1n) is 6.95. The second-order valence-electron chi connectivity index (χ2n) is 6.62. The van der Waals surface area contributed by atoms with Crippen molar-refractivity contribution in [1.29, 1.82) is 0 Å². The lowest BCUT2D eigenvalue weighted by Crippen LogP contribution is -2.53. The van der Waals surface area contributed by atoms with Gasteiger partial charge in [-0.1, -0.05) is 17.7 Å². The summed E-state index contributed by atoms with van der Waals surface area (Å²) in [6.45, 7) is 7.44. The smallest absolute Gasteiger partial charge is 0.423 e. The summed E-state index contributed by atoms with van der Waals surface area (Å²) in [5.41, 5.74) is -0.430. The summed E-state index contributed by atoms with van der Waals surface area (Å²) in [6, 6.07) is 5.30. The van der Waals surface area contributed by atoms with Crippen LogP contribution in [0.5, 0.6) is 0 Å². The molecule has 118 valence electrons. The van der Waals surface area contributed by atoms with Crippen molar-refractivity contribution in [2.75, 3.05) is 14.1 Å². The van der Waals surface area contributed by atoms with Crippen LogP contribution in [0, 0.1) is 0 Å². The lowest BCUT2D eigenvalue weighted by molar-refractivity contribution is -0.0982. The van der Waals surface area contributed by atoms with Crippen molar-refractivity contribution in [3.8, 4) is 0 Å². The van der Waals surface area contributed by atoms with Gasteiger partial charge in [0, 0.05) is 11.6 Å². The maximum atomic E-state index is 10.4. The van der Waals surface area contributed by atoms with Crippen LogP contribution in [0.1, 0.15) is 33.3 Å². The van der Waals surface area contributed by atoms with E-state index in [2.05, 4.69) is 0 Å². The van der Waals surface area contributed by atoms with Crippen LogP contribution in [0.4, 0.5) is 0 Å². The highest BCUT2D eigenvalue weighted by molar-refractivity contribution is 6.60. The molecule has 0 unspecified atom stereocenters. The molecule has 0 bridgehead atoms. The van der Waals surface area contributed by atoms with E-state index in [1.165, 1.54) is 0 Å². The molecule has 0 aromatic heterocycles. The zero-order chi connectivity index (χ0) is 16.4. The average molecular weight is 314 g/mol. The number of aliphatic hydroxyl groups is 1. The molecule has 1 aromatic carbocycles. The molecular formula is C15H25BClNO3. The molecular weight excluding hydrogens is 288 g/mol. The molecule has 0 saturated heterocycles. The van der Waals surface area contributed by atoms with Crippen molar-refractivity contribution < 1.29 is 14.8 Å². The number of nitrogens with zero attached hydrogens (tertiary/aromatic N) is 1. The fourth-order valence-electron chi connectivity index (χ4n) is 1.78. The van der Waals surface area contributed by atoms with E-state index in [1.54, 1.807) is 39.8 Å². The standard InChI is InChI=1S/C15H25BClNO3/c1-14(2,19)15(3,4)21-16(20)13-8-7-12(17)9-11(13)10-18(5)6/h7-9,19-20H,10H2,1-6H3. The fourth-order valence-corrected chi connectivity index (χ4v) is 1.97. The van der Waals surface area contributed by atoms with Gasteiger partial charge in [0.1, 0.15) is 0 Å². The molecule has 0 amide bonds. The van der Waals surface area contributed by atoms with Gasteiger partial charge in [-0.15, -0.1) is 0 Å². The molecule has 2 N–H and O–H groups in total. The van der Waals surface area contributed by atoms with Crippen LogP contribution < -0.4 is 5.46 Å². The molecule has 0 atom stereocenters. The van der Waals surface area contributed by atoms with E-state index in [4.69, 9.17) is 16.3 Å². The Balaban J connectivity index is 3.04. The third kappa shape index (κ3) is 4.97. The SMILES string of the molecule is CN(C)Cc1cc(Cl)ccc1B(O)OC(C)(C)C(C)(C)O. The minimum Gasteiger partial charge on any atom is -0.423 e. The number of hydrogen-bond acceptors (Lipinski definition) is 4. The van der Waals surface area contributed by atoms with Gasteiger partial charge in [0.2, 0.25) is 0 Å². The van der Waals surface area contributed by atoms with Crippen LogP contribution in [0.25, 0.3) is 0 Å². The Morgan fingerprint density at radius 3 is 2.29 bits per heavy atom. The molecule has 0 spiro atoms. The number of hydrogen-bond donors (Lipinski definition) is 2. The lowest BCUT2D eigenvalue weighted by atomic mass is 9.74. The highest BCUT2D eigenvalue weighted by atomic mass is 35.5. The van der Waals surface area contributed by atoms with E-state index in [1.807, 2.05) is 25.1 Å². The topological polar surface area (TPSA) is 52.9 Å². The van der Waals surface area contributed by atoms with Crippen molar-refractivity contribution in [3.05, 3.63) is 28.8 Å². The molecule has 0 aliphatic carbocycles. The van der Waals surface area contributed by atoms with E-state index < -0.39 is 18.3 Å². The summed E-state index contributed by atoms with van der Waals surface area (Å²) in [5, 5.41) is 21.2. The minimum absolute atomic E-state index is 0.615. The maximum absolute atomic E-state index is 10.4. The molecule has 0 aliphatic heterocycles. The van der Waals surface area contributed by atoms with E-state index >= 15 is 0 Å². The minimum atomic E-state index is -1.13. The van der Waals surface area contributed by atoms with Gasteiger partial charge in [-0.25, -0.2) is 0 Å². The lowest BCUT2D eigenvalue weighted by Gasteiger charge is -2.38. The maximum Gasteiger partial charge on any atom is 0.491 e. The van der Waals surface area contributed by atoms with E-state index in [-0.39, 0.29) is 0 Å². The molecule has 1 aromatic rings. The summed E-state index contributed by atoms with van der Waals surface area (Å²) in [4.78, 5) is 1.99. The number of rotatable bonds is 6. The zero-order valence-corrected chi connectivity index (χ0v) is 14.4.